The molecule has 0 aliphatic heterocycles. The zero-order valence-corrected chi connectivity index (χ0v) is 18.4. The number of aromatic hydroxyl groups is 1. The lowest BCUT2D eigenvalue weighted by molar-refractivity contribution is 0.275. The normalized spacial score (nSPS) is 11.8. The summed E-state index contributed by atoms with van der Waals surface area (Å²) in [5, 5.41) is 10.6. The van der Waals surface area contributed by atoms with Crippen LogP contribution in [0.4, 0.5) is 0 Å². The maximum absolute atomic E-state index is 12.5. The Balaban J connectivity index is 2.24. The zero-order chi connectivity index (χ0) is 21.9. The minimum absolute atomic E-state index is 0.0357. The largest absolute Gasteiger partial charge is 0.504 e. The molecule has 1 heterocycles. The van der Waals surface area contributed by atoms with Gasteiger partial charge in [0.05, 0.1) is 12.0 Å². The molecule has 0 atom stereocenters. The Kier molecular flexibility index (Phi) is 9.26. The van der Waals surface area contributed by atoms with E-state index in [1.54, 1.807) is 12.1 Å². The number of phenols is 1. The number of allylic oxidation sites excluding steroid dienone is 4. The molecule has 0 unspecified atom stereocenters. The summed E-state index contributed by atoms with van der Waals surface area (Å²) in [6, 6.07) is 4.89. The van der Waals surface area contributed by atoms with E-state index in [9.17, 15) is 9.90 Å². The molecule has 1 aromatic carbocycles. The molecule has 30 heavy (non-hydrogen) atoms. The molecule has 2 rings (SSSR count). The van der Waals surface area contributed by atoms with Crippen molar-refractivity contribution < 1.29 is 19.0 Å². The van der Waals surface area contributed by atoms with E-state index in [1.165, 1.54) is 17.2 Å². The van der Waals surface area contributed by atoms with Crippen LogP contribution in [0.2, 0.25) is 0 Å². The average molecular weight is 413 g/mol. The molecule has 5 heteroatoms. The van der Waals surface area contributed by atoms with E-state index in [2.05, 4.69) is 33.8 Å². The molecule has 0 saturated heterocycles. The van der Waals surface area contributed by atoms with Gasteiger partial charge in [0.2, 0.25) is 5.75 Å². The number of ether oxygens (including phenoxy) is 2. The molecule has 0 bridgehead atoms. The van der Waals surface area contributed by atoms with Crippen LogP contribution in [-0.4, -0.2) is 18.3 Å². The lowest BCUT2D eigenvalue weighted by atomic mass is 10.1. The second-order valence-electron chi connectivity index (χ2n) is 7.40. The molecule has 162 valence electrons. The number of fused-ring (bicyclic) bond motifs is 1. The van der Waals surface area contributed by atoms with Crippen molar-refractivity contribution in [3.8, 4) is 17.2 Å². The summed E-state index contributed by atoms with van der Waals surface area (Å²) >= 11 is 0. The summed E-state index contributed by atoms with van der Waals surface area (Å²) in [7, 11) is 0. The van der Waals surface area contributed by atoms with Gasteiger partial charge in [-0.25, -0.2) is 4.79 Å². The van der Waals surface area contributed by atoms with Gasteiger partial charge in [0, 0.05) is 0 Å². The molecule has 0 aliphatic carbocycles. The lowest BCUT2D eigenvalue weighted by Crippen LogP contribution is -2.11. The molecule has 0 aliphatic rings. The predicted octanol–water partition coefficient (Wildman–Crippen LogP) is 6.31. The number of hydrogen-bond acceptors (Lipinski definition) is 5. The second kappa shape index (κ2) is 11.9. The van der Waals surface area contributed by atoms with Crippen molar-refractivity contribution in [1.82, 2.24) is 0 Å². The van der Waals surface area contributed by atoms with Gasteiger partial charge in [0.15, 0.2) is 17.1 Å². The van der Waals surface area contributed by atoms with Gasteiger partial charge in [-0.2, -0.15) is 0 Å². The topological polar surface area (TPSA) is 68.9 Å². The molecular formula is C25H32O5. The molecule has 0 spiro atoms. The maximum atomic E-state index is 12.5. The van der Waals surface area contributed by atoms with Crippen molar-refractivity contribution in [1.29, 1.82) is 0 Å². The lowest BCUT2D eigenvalue weighted by Gasteiger charge is -2.13. The van der Waals surface area contributed by atoms with Crippen molar-refractivity contribution in [2.75, 3.05) is 13.2 Å². The Morgan fingerprint density at radius 3 is 2.60 bits per heavy atom. The Labute approximate surface area is 178 Å². The average Bonchev–Trinajstić information content (AvgIpc) is 2.69. The minimum Gasteiger partial charge on any atom is -0.504 e. The molecule has 1 aromatic heterocycles. The Bertz CT molecular complexity index is 975. The molecule has 0 amide bonds. The van der Waals surface area contributed by atoms with Gasteiger partial charge in [-0.1, -0.05) is 42.4 Å². The van der Waals surface area contributed by atoms with Gasteiger partial charge in [-0.3, -0.25) is 0 Å². The summed E-state index contributed by atoms with van der Waals surface area (Å²) in [6.07, 6.45) is 11.8. The van der Waals surface area contributed by atoms with E-state index >= 15 is 0 Å². The minimum atomic E-state index is -0.664. The Morgan fingerprint density at radius 1 is 1.07 bits per heavy atom. The first-order valence-electron chi connectivity index (χ1n) is 10.4. The summed E-state index contributed by atoms with van der Waals surface area (Å²) in [5.41, 5.74) is 1.94. The highest BCUT2D eigenvalue weighted by Crippen LogP contribution is 2.36. The van der Waals surface area contributed by atoms with Crippen molar-refractivity contribution >= 4 is 11.0 Å². The van der Waals surface area contributed by atoms with Crippen LogP contribution in [0.25, 0.3) is 11.0 Å². The van der Waals surface area contributed by atoms with Crippen LogP contribution < -0.4 is 15.1 Å². The standard InChI is InChI=1S/C25H32O5/c1-5-6-7-8-16-28-24-23(29-17-15-19(4)12-9-11-18(2)3)20-13-10-14-21(26)22(20)30-25(24)27/h6-7,10-11,13-15,26H,5,8-9,12,16-17H2,1-4H3/b7-6+,19-15+. The third-order valence-corrected chi connectivity index (χ3v) is 4.51. The van der Waals surface area contributed by atoms with Crippen LogP contribution in [0.3, 0.4) is 0 Å². The van der Waals surface area contributed by atoms with Gasteiger partial charge in [-0.05, 0) is 64.7 Å². The third kappa shape index (κ3) is 6.83. The van der Waals surface area contributed by atoms with Crippen LogP contribution in [0.5, 0.6) is 17.2 Å². The first-order chi connectivity index (χ1) is 14.4. The number of rotatable bonds is 11. The predicted molar refractivity (Wildman–Crippen MR) is 122 cm³/mol. The van der Waals surface area contributed by atoms with Crippen molar-refractivity contribution in [3.05, 3.63) is 64.1 Å². The van der Waals surface area contributed by atoms with Crippen molar-refractivity contribution in [2.45, 2.75) is 53.4 Å². The molecule has 0 radical (unpaired) electrons. The van der Waals surface area contributed by atoms with E-state index < -0.39 is 5.63 Å². The second-order valence-corrected chi connectivity index (χ2v) is 7.40. The molecule has 0 saturated carbocycles. The van der Waals surface area contributed by atoms with Crippen LogP contribution in [0, 0.1) is 0 Å². The molecular weight excluding hydrogens is 380 g/mol. The summed E-state index contributed by atoms with van der Waals surface area (Å²) in [4.78, 5) is 12.5. The number of benzene rings is 1. The van der Waals surface area contributed by atoms with E-state index in [0.717, 1.165) is 19.3 Å². The Morgan fingerprint density at radius 2 is 1.87 bits per heavy atom. The number of phenolic OH excluding ortho intramolecular Hbond substituents is 1. The van der Waals surface area contributed by atoms with Gasteiger partial charge in [0.25, 0.3) is 0 Å². The van der Waals surface area contributed by atoms with E-state index in [0.29, 0.717) is 30.8 Å². The van der Waals surface area contributed by atoms with Gasteiger partial charge >= 0.3 is 5.63 Å². The fourth-order valence-electron chi connectivity index (χ4n) is 2.90. The van der Waals surface area contributed by atoms with E-state index in [-0.39, 0.29) is 17.1 Å². The zero-order valence-electron chi connectivity index (χ0n) is 18.4. The van der Waals surface area contributed by atoms with E-state index in [4.69, 9.17) is 13.9 Å². The third-order valence-electron chi connectivity index (χ3n) is 4.51. The number of para-hydroxylation sites is 1. The monoisotopic (exact) mass is 412 g/mol. The van der Waals surface area contributed by atoms with Gasteiger partial charge in [-0.15, -0.1) is 0 Å². The van der Waals surface area contributed by atoms with Gasteiger partial charge < -0.3 is 19.0 Å². The SMILES string of the molecule is CC/C=C/CCOc1c(OC/C=C(\C)CCC=C(C)C)c2cccc(O)c2oc1=O. The molecule has 2 aromatic rings. The Hall–Kier alpha value is -2.95. The van der Waals surface area contributed by atoms with Crippen molar-refractivity contribution in [3.63, 3.8) is 0 Å². The van der Waals surface area contributed by atoms with Gasteiger partial charge in [0.1, 0.15) is 6.61 Å². The van der Waals surface area contributed by atoms with E-state index in [1.807, 2.05) is 18.2 Å². The summed E-state index contributed by atoms with van der Waals surface area (Å²) in [6.45, 7) is 8.92. The first kappa shape index (κ1) is 23.3. The maximum Gasteiger partial charge on any atom is 0.383 e. The summed E-state index contributed by atoms with van der Waals surface area (Å²) < 4.78 is 17.0. The molecule has 1 N–H and O–H groups in total. The van der Waals surface area contributed by atoms with Crippen molar-refractivity contribution in [2.24, 2.45) is 0 Å². The van der Waals surface area contributed by atoms with Crippen LogP contribution in [0.1, 0.15) is 53.4 Å². The highest BCUT2D eigenvalue weighted by Gasteiger charge is 2.19. The highest BCUT2D eigenvalue weighted by molar-refractivity contribution is 5.89. The fourth-order valence-corrected chi connectivity index (χ4v) is 2.90. The number of hydrogen-bond donors (Lipinski definition) is 1. The first-order valence-corrected chi connectivity index (χ1v) is 10.4. The summed E-state index contributed by atoms with van der Waals surface area (Å²) in [5.74, 6) is 0.221. The van der Waals surface area contributed by atoms with Crippen LogP contribution in [-0.2, 0) is 0 Å². The molecule has 5 nitrogen and oxygen atoms in total. The fraction of sp³-hybridized carbons (Fsp3) is 0.400. The highest BCUT2D eigenvalue weighted by atomic mass is 16.5. The molecule has 0 fully saturated rings. The van der Waals surface area contributed by atoms with Crippen LogP contribution in [0.15, 0.2) is 62.9 Å². The van der Waals surface area contributed by atoms with Crippen LogP contribution >= 0.6 is 0 Å². The smallest absolute Gasteiger partial charge is 0.383 e. The quantitative estimate of drug-likeness (QED) is 0.266.